The smallest absolute Gasteiger partial charge is 0.258 e. The van der Waals surface area contributed by atoms with Gasteiger partial charge in [0.15, 0.2) is 0 Å². The zero-order chi connectivity index (χ0) is 13.8. The average Bonchev–Trinajstić information content (AvgIpc) is 2.46. The number of nitrogens with zero attached hydrogens (tertiary/aromatic N) is 1. The Morgan fingerprint density at radius 1 is 1.11 bits per heavy atom. The molecule has 0 unspecified atom stereocenters. The number of rotatable bonds is 3. The summed E-state index contributed by atoms with van der Waals surface area (Å²) < 4.78 is 5.05. The summed E-state index contributed by atoms with van der Waals surface area (Å²) in [5.74, 6) is 0.581. The molecular formula is C15H15NO3. The third-order valence-electron chi connectivity index (χ3n) is 2.88. The van der Waals surface area contributed by atoms with Gasteiger partial charge in [0.2, 0.25) is 0 Å². The molecule has 0 spiro atoms. The fraction of sp³-hybridized carbons (Fsp3) is 0.133. The highest BCUT2D eigenvalue weighted by molar-refractivity contribution is 6.06. The van der Waals surface area contributed by atoms with Gasteiger partial charge in [-0.25, -0.2) is 0 Å². The second-order valence-electron chi connectivity index (χ2n) is 4.08. The maximum absolute atomic E-state index is 12.3. The van der Waals surface area contributed by atoms with Gasteiger partial charge in [0.25, 0.3) is 5.91 Å². The minimum Gasteiger partial charge on any atom is -0.506 e. The molecule has 2 rings (SSSR count). The zero-order valence-electron chi connectivity index (χ0n) is 10.8. The molecule has 98 valence electrons. The first-order valence-corrected chi connectivity index (χ1v) is 5.83. The SMILES string of the molecule is COc1ccc(C(=O)N(C)c2ccccc2O)cc1. The van der Waals surface area contributed by atoms with Crippen molar-refractivity contribution < 1.29 is 14.6 Å². The number of carbonyl (C=O) groups is 1. The van der Waals surface area contributed by atoms with Gasteiger partial charge in [-0.2, -0.15) is 0 Å². The summed E-state index contributed by atoms with van der Waals surface area (Å²) in [6, 6.07) is 13.6. The fourth-order valence-corrected chi connectivity index (χ4v) is 1.78. The number of para-hydroxylation sites is 2. The van der Waals surface area contributed by atoms with E-state index in [2.05, 4.69) is 0 Å². The molecule has 4 nitrogen and oxygen atoms in total. The van der Waals surface area contributed by atoms with Gasteiger partial charge in [-0.1, -0.05) is 12.1 Å². The molecular weight excluding hydrogens is 242 g/mol. The van der Waals surface area contributed by atoms with Crippen LogP contribution < -0.4 is 9.64 Å². The van der Waals surface area contributed by atoms with E-state index >= 15 is 0 Å². The molecule has 0 aromatic heterocycles. The lowest BCUT2D eigenvalue weighted by molar-refractivity contribution is 0.0992. The topological polar surface area (TPSA) is 49.8 Å². The number of carbonyl (C=O) groups excluding carboxylic acids is 1. The Morgan fingerprint density at radius 3 is 2.32 bits per heavy atom. The van der Waals surface area contributed by atoms with E-state index in [9.17, 15) is 9.90 Å². The summed E-state index contributed by atoms with van der Waals surface area (Å²) in [6.45, 7) is 0. The standard InChI is InChI=1S/C15H15NO3/c1-16(13-5-3-4-6-14(13)17)15(18)11-7-9-12(19-2)10-8-11/h3-10,17H,1-2H3. The number of aromatic hydroxyl groups is 1. The molecule has 0 bridgehead atoms. The quantitative estimate of drug-likeness (QED) is 0.919. The Hall–Kier alpha value is -2.49. The van der Waals surface area contributed by atoms with E-state index in [0.29, 0.717) is 17.0 Å². The van der Waals surface area contributed by atoms with Gasteiger partial charge in [-0.15, -0.1) is 0 Å². The number of amides is 1. The number of methoxy groups -OCH3 is 1. The first-order valence-electron chi connectivity index (χ1n) is 5.83. The fourth-order valence-electron chi connectivity index (χ4n) is 1.78. The monoisotopic (exact) mass is 257 g/mol. The molecule has 1 amide bonds. The maximum atomic E-state index is 12.3. The third kappa shape index (κ3) is 2.68. The van der Waals surface area contributed by atoms with Crippen molar-refractivity contribution in [2.75, 3.05) is 19.1 Å². The second-order valence-corrected chi connectivity index (χ2v) is 4.08. The number of ether oxygens (including phenoxy) is 1. The second kappa shape index (κ2) is 5.44. The number of hydrogen-bond donors (Lipinski definition) is 1. The molecule has 0 radical (unpaired) electrons. The molecule has 4 heteroatoms. The third-order valence-corrected chi connectivity index (χ3v) is 2.88. The van der Waals surface area contributed by atoms with E-state index in [0.717, 1.165) is 0 Å². The first kappa shape index (κ1) is 13.0. The van der Waals surface area contributed by atoms with Crippen molar-refractivity contribution in [1.29, 1.82) is 0 Å². The summed E-state index contributed by atoms with van der Waals surface area (Å²) in [4.78, 5) is 13.7. The largest absolute Gasteiger partial charge is 0.506 e. The maximum Gasteiger partial charge on any atom is 0.258 e. The Bertz CT molecular complexity index is 578. The minimum absolute atomic E-state index is 0.0758. The molecule has 0 aliphatic carbocycles. The van der Waals surface area contributed by atoms with Crippen molar-refractivity contribution in [2.24, 2.45) is 0 Å². The molecule has 0 aliphatic heterocycles. The molecule has 0 fully saturated rings. The molecule has 0 saturated heterocycles. The Balaban J connectivity index is 2.26. The van der Waals surface area contributed by atoms with Crippen LogP contribution in [0.4, 0.5) is 5.69 Å². The van der Waals surface area contributed by atoms with Crippen LogP contribution in [0.5, 0.6) is 11.5 Å². The van der Waals surface area contributed by atoms with Gasteiger partial charge in [0.1, 0.15) is 11.5 Å². The van der Waals surface area contributed by atoms with Gasteiger partial charge in [0, 0.05) is 12.6 Å². The lowest BCUT2D eigenvalue weighted by atomic mass is 10.1. The van der Waals surface area contributed by atoms with Crippen LogP contribution in [-0.4, -0.2) is 25.2 Å². The summed E-state index contributed by atoms with van der Waals surface area (Å²) in [7, 11) is 3.20. The molecule has 1 N–H and O–H groups in total. The molecule has 2 aromatic carbocycles. The number of hydrogen-bond acceptors (Lipinski definition) is 3. The van der Waals surface area contributed by atoms with Crippen molar-refractivity contribution in [1.82, 2.24) is 0 Å². The van der Waals surface area contributed by atoms with E-state index in [1.165, 1.54) is 4.90 Å². The molecule has 0 heterocycles. The lowest BCUT2D eigenvalue weighted by Crippen LogP contribution is -2.26. The van der Waals surface area contributed by atoms with Crippen LogP contribution in [0.25, 0.3) is 0 Å². The predicted molar refractivity (Wildman–Crippen MR) is 73.8 cm³/mol. The van der Waals surface area contributed by atoms with Crippen molar-refractivity contribution in [3.05, 3.63) is 54.1 Å². The number of anilines is 1. The predicted octanol–water partition coefficient (Wildman–Crippen LogP) is 2.68. The van der Waals surface area contributed by atoms with Crippen LogP contribution in [0.15, 0.2) is 48.5 Å². The van der Waals surface area contributed by atoms with Crippen LogP contribution in [-0.2, 0) is 0 Å². The first-order chi connectivity index (χ1) is 9.13. The Labute approximate surface area is 111 Å². The normalized spacial score (nSPS) is 10.0. The molecule has 0 atom stereocenters. The molecule has 0 saturated carbocycles. The molecule has 19 heavy (non-hydrogen) atoms. The minimum atomic E-state index is -0.191. The molecule has 0 aliphatic rings. The van der Waals surface area contributed by atoms with Crippen LogP contribution in [0.3, 0.4) is 0 Å². The highest BCUT2D eigenvalue weighted by Crippen LogP contribution is 2.26. The summed E-state index contributed by atoms with van der Waals surface area (Å²) in [5.41, 5.74) is 1.01. The number of phenolic OH excluding ortho intramolecular Hbond substituents is 1. The summed E-state index contributed by atoms with van der Waals surface area (Å²) in [6.07, 6.45) is 0. The van der Waals surface area contributed by atoms with Crippen LogP contribution in [0.1, 0.15) is 10.4 Å². The number of benzene rings is 2. The lowest BCUT2D eigenvalue weighted by Gasteiger charge is -2.18. The van der Waals surface area contributed by atoms with Gasteiger partial charge >= 0.3 is 0 Å². The van der Waals surface area contributed by atoms with Crippen molar-refractivity contribution in [3.63, 3.8) is 0 Å². The van der Waals surface area contributed by atoms with Crippen LogP contribution in [0.2, 0.25) is 0 Å². The van der Waals surface area contributed by atoms with Crippen molar-refractivity contribution >= 4 is 11.6 Å². The highest BCUT2D eigenvalue weighted by Gasteiger charge is 2.15. The van der Waals surface area contributed by atoms with Crippen molar-refractivity contribution in [2.45, 2.75) is 0 Å². The van der Waals surface area contributed by atoms with Gasteiger partial charge in [-0.3, -0.25) is 4.79 Å². The Morgan fingerprint density at radius 2 is 1.74 bits per heavy atom. The van der Waals surface area contributed by atoms with E-state index in [4.69, 9.17) is 4.74 Å². The van der Waals surface area contributed by atoms with E-state index < -0.39 is 0 Å². The van der Waals surface area contributed by atoms with Gasteiger partial charge in [0.05, 0.1) is 12.8 Å². The van der Waals surface area contributed by atoms with Crippen LogP contribution >= 0.6 is 0 Å². The van der Waals surface area contributed by atoms with E-state index in [1.807, 2.05) is 0 Å². The summed E-state index contributed by atoms with van der Waals surface area (Å²) >= 11 is 0. The van der Waals surface area contributed by atoms with E-state index in [1.54, 1.807) is 62.7 Å². The van der Waals surface area contributed by atoms with Crippen LogP contribution in [0, 0.1) is 0 Å². The summed E-state index contributed by atoms with van der Waals surface area (Å²) in [5, 5.41) is 9.75. The number of phenols is 1. The zero-order valence-corrected chi connectivity index (χ0v) is 10.8. The van der Waals surface area contributed by atoms with Crippen molar-refractivity contribution in [3.8, 4) is 11.5 Å². The molecule has 2 aromatic rings. The van der Waals surface area contributed by atoms with E-state index in [-0.39, 0.29) is 11.7 Å². The van der Waals surface area contributed by atoms with Gasteiger partial charge in [-0.05, 0) is 36.4 Å². The van der Waals surface area contributed by atoms with Gasteiger partial charge < -0.3 is 14.7 Å². The highest BCUT2D eigenvalue weighted by atomic mass is 16.5. The Kier molecular flexibility index (Phi) is 3.71. The average molecular weight is 257 g/mol.